The van der Waals surface area contributed by atoms with Crippen LogP contribution in [0.1, 0.15) is 0 Å². The third kappa shape index (κ3) is 53.8. The molecule has 0 aliphatic rings. The van der Waals surface area contributed by atoms with E-state index in [4.69, 9.17) is 19.2 Å². The Morgan fingerprint density at radius 3 is 1.12 bits per heavy atom. The predicted molar refractivity (Wildman–Crippen MR) is 13.4 cm³/mol. The monoisotopic (exact) mass is 227 g/mol. The van der Waals surface area contributed by atoms with Gasteiger partial charge in [0.15, 0.2) is 0 Å². The number of hydrogen-bond donors (Lipinski definition) is 0. The van der Waals surface area contributed by atoms with Crippen LogP contribution < -0.4 is 102 Å². The minimum absolute atomic E-state index is 0. The normalized spacial score (nSPS) is 7.38. The largest absolute Gasteiger partial charge is 2.00 e. The van der Waals surface area contributed by atoms with Gasteiger partial charge in [0.25, 0.3) is 0 Å². The van der Waals surface area contributed by atoms with Gasteiger partial charge in [0.2, 0.25) is 0 Å². The molecule has 4 nitrogen and oxygen atoms in total. The van der Waals surface area contributed by atoms with Gasteiger partial charge >= 0.3 is 111 Å². The molecule has 32 valence electrons. The van der Waals surface area contributed by atoms with Crippen molar-refractivity contribution in [2.75, 3.05) is 0 Å². The smallest absolute Gasteiger partial charge is 0.822 e. The Hall–Kier alpha value is 3.68. The van der Waals surface area contributed by atoms with Crippen LogP contribution in [0.3, 0.4) is 0 Å². The van der Waals surface area contributed by atoms with Crippen molar-refractivity contribution in [2.45, 2.75) is 0 Å². The van der Waals surface area contributed by atoms with Crippen molar-refractivity contribution < 1.29 is 107 Å². The van der Waals surface area contributed by atoms with E-state index in [9.17, 15) is 0 Å². The molecule has 0 bridgehead atoms. The Labute approximate surface area is 134 Å². The summed E-state index contributed by atoms with van der Waals surface area (Å²) in [4.78, 5) is 25.6. The molecule has 0 aliphatic heterocycles. The summed E-state index contributed by atoms with van der Waals surface area (Å²) in [6.45, 7) is 0. The fourth-order valence-corrected chi connectivity index (χ4v) is 0. The third-order valence-corrected chi connectivity index (χ3v) is 0. The van der Waals surface area contributed by atoms with Gasteiger partial charge in [-0.25, -0.2) is 0 Å². The summed E-state index contributed by atoms with van der Waals surface area (Å²) in [5.74, 6) is 0. The van der Waals surface area contributed by atoms with E-state index in [2.05, 4.69) is 0 Å². The van der Waals surface area contributed by atoms with Crippen LogP contribution in [0, 0.1) is 0 Å². The van der Waals surface area contributed by atoms with Gasteiger partial charge in [-0.1, -0.05) is 0 Å². The molecule has 8 heteroatoms. The second kappa shape index (κ2) is 10.7. The molecular formula is MgNaO4PRb+. The number of hydrogen-bond acceptors (Lipinski definition) is 4. The van der Waals surface area contributed by atoms with Gasteiger partial charge in [-0.05, 0) is 0 Å². The average molecular weight is 228 g/mol. The maximum atomic E-state index is 8.55. The molecule has 0 heterocycles. The molecule has 0 aromatic heterocycles. The molecule has 8 heavy (non-hydrogen) atoms. The van der Waals surface area contributed by atoms with E-state index >= 15 is 0 Å². The van der Waals surface area contributed by atoms with Crippen molar-refractivity contribution in [1.82, 2.24) is 0 Å². The Morgan fingerprint density at radius 1 is 1.12 bits per heavy atom. The molecule has 0 saturated heterocycles. The summed E-state index contributed by atoms with van der Waals surface area (Å²) in [7, 11) is -5.39. The second-order valence-corrected chi connectivity index (χ2v) is 1.34. The maximum absolute atomic E-state index is 8.55. The van der Waals surface area contributed by atoms with E-state index in [-0.39, 0.29) is 111 Å². The first-order valence-corrected chi connectivity index (χ1v) is 2.19. The summed E-state index contributed by atoms with van der Waals surface area (Å²) in [5, 5.41) is 0. The Balaban J connectivity index is -0.0000000267. The zero-order valence-corrected chi connectivity index (χ0v) is 14.0. The summed E-state index contributed by atoms with van der Waals surface area (Å²) >= 11 is 0. The number of phosphoric acid groups is 1. The zero-order chi connectivity index (χ0) is 4.50. The summed E-state index contributed by atoms with van der Waals surface area (Å²) < 4.78 is 8.55. The van der Waals surface area contributed by atoms with Crippen LogP contribution >= 0.6 is 7.82 Å². The van der Waals surface area contributed by atoms with E-state index in [1.54, 1.807) is 0 Å². The van der Waals surface area contributed by atoms with E-state index < -0.39 is 7.82 Å². The van der Waals surface area contributed by atoms with Crippen molar-refractivity contribution in [2.24, 2.45) is 0 Å². The minimum atomic E-state index is -5.39. The van der Waals surface area contributed by atoms with Crippen LogP contribution in [0.4, 0.5) is 0 Å². The van der Waals surface area contributed by atoms with Gasteiger partial charge in [-0.3, -0.25) is 0 Å². The molecule has 0 amide bonds. The van der Waals surface area contributed by atoms with Crippen molar-refractivity contribution in [1.29, 1.82) is 0 Å². The maximum Gasteiger partial charge on any atom is 2.00 e. The SMILES string of the molecule is O=P([O-])([O-])[O-].[Mg+2].[Na+].[Rb+]. The molecule has 0 radical (unpaired) electrons. The molecule has 0 N–H and O–H groups in total. The van der Waals surface area contributed by atoms with Crippen LogP contribution in [0.25, 0.3) is 0 Å². The van der Waals surface area contributed by atoms with Crippen LogP contribution in [0.2, 0.25) is 0 Å². The molecule has 0 unspecified atom stereocenters. The molecule has 0 atom stereocenters. The predicted octanol–water partition coefficient (Wildman–Crippen LogP) is -9.20. The van der Waals surface area contributed by atoms with Gasteiger partial charge in [0.05, 0.1) is 0 Å². The van der Waals surface area contributed by atoms with Gasteiger partial charge in [-0.2, -0.15) is 7.82 Å². The fraction of sp³-hybridized carbons (Fsp3) is 0. The topological polar surface area (TPSA) is 86.2 Å². The van der Waals surface area contributed by atoms with E-state index in [1.165, 1.54) is 0 Å². The molecule has 0 saturated carbocycles. The average Bonchev–Trinajstić information content (AvgIpc) is 0.722. The Kier molecular flexibility index (Phi) is 30.2. The van der Waals surface area contributed by atoms with Gasteiger partial charge < -0.3 is 19.2 Å². The zero-order valence-electron chi connectivity index (χ0n) is 4.79. The van der Waals surface area contributed by atoms with Crippen molar-refractivity contribution in [3.8, 4) is 0 Å². The Morgan fingerprint density at radius 2 is 1.12 bits per heavy atom. The standard InChI is InChI=1S/Mg.Na.H3O4P.Rb/c;;1-5(2,3)4;/h;;(H3,1,2,3,4);/q+2;+1;;+1/p-3. The first-order valence-electron chi connectivity index (χ1n) is 0.730. The van der Waals surface area contributed by atoms with Crippen LogP contribution in [-0.4, -0.2) is 23.1 Å². The van der Waals surface area contributed by atoms with Crippen LogP contribution in [0.5, 0.6) is 0 Å². The second-order valence-electron chi connectivity index (χ2n) is 0.447. The quantitative estimate of drug-likeness (QED) is 0.304. The van der Waals surface area contributed by atoms with Crippen LogP contribution in [-0.2, 0) is 4.57 Å². The molecule has 0 rings (SSSR count). The van der Waals surface area contributed by atoms with Gasteiger partial charge in [0.1, 0.15) is 0 Å². The van der Waals surface area contributed by atoms with Crippen molar-refractivity contribution >= 4 is 30.9 Å². The van der Waals surface area contributed by atoms with Gasteiger partial charge in [0, 0.05) is 0 Å². The van der Waals surface area contributed by atoms with Gasteiger partial charge in [-0.15, -0.1) is 0 Å². The Bertz CT molecular complexity index is 62.2. The molecule has 0 aromatic carbocycles. The molecular weight excluding hydrogens is 228 g/mol. The fourth-order valence-electron chi connectivity index (χ4n) is 0. The van der Waals surface area contributed by atoms with E-state index in [0.29, 0.717) is 0 Å². The molecule has 0 fully saturated rings. The first kappa shape index (κ1) is 22.6. The summed E-state index contributed by atoms with van der Waals surface area (Å²) in [5.41, 5.74) is 0. The summed E-state index contributed by atoms with van der Waals surface area (Å²) in [6, 6.07) is 0. The van der Waals surface area contributed by atoms with E-state index in [0.717, 1.165) is 0 Å². The first-order chi connectivity index (χ1) is 2.00. The summed E-state index contributed by atoms with van der Waals surface area (Å²) in [6.07, 6.45) is 0. The molecule has 0 aliphatic carbocycles. The molecule has 0 spiro atoms. The van der Waals surface area contributed by atoms with Crippen molar-refractivity contribution in [3.05, 3.63) is 0 Å². The number of rotatable bonds is 0. The van der Waals surface area contributed by atoms with Crippen LogP contribution in [0.15, 0.2) is 0 Å². The minimum Gasteiger partial charge on any atom is -0.822 e. The van der Waals surface area contributed by atoms with E-state index in [1.807, 2.05) is 0 Å². The third-order valence-electron chi connectivity index (χ3n) is 0. The van der Waals surface area contributed by atoms with Crippen molar-refractivity contribution in [3.63, 3.8) is 0 Å². The molecule has 0 aromatic rings.